The summed E-state index contributed by atoms with van der Waals surface area (Å²) in [6.07, 6.45) is 6.76. The Kier molecular flexibility index (Phi) is 5.53. The van der Waals surface area contributed by atoms with E-state index in [0.29, 0.717) is 47.3 Å². The fraction of sp³-hybridized carbons (Fsp3) is 0.517. The fourth-order valence-electron chi connectivity index (χ4n) is 5.96. The van der Waals surface area contributed by atoms with Gasteiger partial charge in [-0.05, 0) is 76.2 Å². The van der Waals surface area contributed by atoms with Gasteiger partial charge >= 0.3 is 0 Å². The highest BCUT2D eigenvalue weighted by Crippen LogP contribution is 2.43. The molecule has 0 radical (unpaired) electrons. The average Bonchev–Trinajstić information content (AvgIpc) is 3.83. The van der Waals surface area contributed by atoms with Gasteiger partial charge in [-0.2, -0.15) is 5.26 Å². The van der Waals surface area contributed by atoms with E-state index in [-0.39, 0.29) is 6.61 Å². The molecule has 3 fully saturated rings. The molecule has 0 amide bonds. The molecule has 2 saturated carbocycles. The van der Waals surface area contributed by atoms with Crippen LogP contribution in [0.25, 0.3) is 22.8 Å². The first-order valence-electron chi connectivity index (χ1n) is 13.7. The SMILES string of the molecule is COC1NC=c2c(C#N)c(C3CC3)[nH]c2=C1c1nc2c(OCC3(F)CC3)c(C3CCN(C)CC3)ccc2[nH]1. The molecule has 4 aliphatic rings. The number of nitrogens with zero attached hydrogens (tertiary/aromatic N) is 3. The van der Waals surface area contributed by atoms with Crippen molar-refractivity contribution in [2.75, 3.05) is 33.9 Å². The summed E-state index contributed by atoms with van der Waals surface area (Å²) in [5.74, 6) is 2.08. The van der Waals surface area contributed by atoms with E-state index in [1.165, 1.54) is 0 Å². The van der Waals surface area contributed by atoms with Crippen molar-refractivity contribution in [1.82, 2.24) is 25.2 Å². The monoisotopic (exact) mass is 516 g/mol. The van der Waals surface area contributed by atoms with Crippen molar-refractivity contribution in [3.8, 4) is 11.8 Å². The lowest BCUT2D eigenvalue weighted by atomic mass is 9.88. The third-order valence-electron chi connectivity index (χ3n) is 8.63. The van der Waals surface area contributed by atoms with Gasteiger partial charge in [0.1, 0.15) is 29.7 Å². The first kappa shape index (κ1) is 23.7. The normalized spacial score (nSPS) is 23.0. The van der Waals surface area contributed by atoms with Crippen LogP contribution in [0.1, 0.15) is 73.0 Å². The molecule has 198 valence electrons. The number of alkyl halides is 1. The number of fused-ring (bicyclic) bond motifs is 2. The maximum atomic E-state index is 14.7. The Hall–Kier alpha value is -3.35. The zero-order valence-corrected chi connectivity index (χ0v) is 21.9. The number of hydrogen-bond donors (Lipinski definition) is 3. The predicted octanol–water partition coefficient (Wildman–Crippen LogP) is 2.84. The van der Waals surface area contributed by atoms with Crippen LogP contribution in [0.5, 0.6) is 5.75 Å². The molecule has 2 aromatic heterocycles. The number of benzene rings is 1. The summed E-state index contributed by atoms with van der Waals surface area (Å²) >= 11 is 0. The van der Waals surface area contributed by atoms with Crippen LogP contribution in [0, 0.1) is 11.3 Å². The topological polar surface area (TPSA) is 102 Å². The Bertz CT molecular complexity index is 1570. The highest BCUT2D eigenvalue weighted by atomic mass is 19.1. The van der Waals surface area contributed by atoms with Crippen LogP contribution >= 0.6 is 0 Å². The first-order valence-corrected chi connectivity index (χ1v) is 13.7. The fourth-order valence-corrected chi connectivity index (χ4v) is 5.96. The maximum Gasteiger partial charge on any atom is 0.158 e. The third-order valence-corrected chi connectivity index (χ3v) is 8.63. The first-order chi connectivity index (χ1) is 18.5. The van der Waals surface area contributed by atoms with Crippen molar-refractivity contribution in [1.29, 1.82) is 5.26 Å². The molecule has 1 unspecified atom stereocenters. The van der Waals surface area contributed by atoms with Crippen LogP contribution in [0.15, 0.2) is 12.1 Å². The molecule has 3 N–H and O–H groups in total. The molecule has 3 aromatic rings. The van der Waals surface area contributed by atoms with E-state index < -0.39 is 11.9 Å². The van der Waals surface area contributed by atoms with E-state index in [1.54, 1.807) is 7.11 Å². The number of hydrogen-bond acceptors (Lipinski definition) is 6. The number of ether oxygens (including phenoxy) is 2. The number of nitriles is 1. The van der Waals surface area contributed by atoms with Crippen LogP contribution in [0.3, 0.4) is 0 Å². The summed E-state index contributed by atoms with van der Waals surface area (Å²) < 4.78 is 26.8. The van der Waals surface area contributed by atoms with Gasteiger partial charge in [-0.3, -0.25) is 0 Å². The summed E-state index contributed by atoms with van der Waals surface area (Å²) in [6.45, 7) is 2.10. The van der Waals surface area contributed by atoms with Crippen molar-refractivity contribution in [2.45, 2.75) is 62.3 Å². The summed E-state index contributed by atoms with van der Waals surface area (Å²) in [4.78, 5) is 14.4. The molecule has 4 heterocycles. The minimum absolute atomic E-state index is 0.0543. The molecule has 8 nitrogen and oxygen atoms in total. The molecule has 0 bridgehead atoms. The van der Waals surface area contributed by atoms with Gasteiger partial charge < -0.3 is 29.7 Å². The quantitative estimate of drug-likeness (QED) is 0.447. The van der Waals surface area contributed by atoms with Gasteiger partial charge in [0, 0.05) is 30.1 Å². The van der Waals surface area contributed by atoms with E-state index >= 15 is 0 Å². The van der Waals surface area contributed by atoms with Gasteiger partial charge in [0.2, 0.25) is 0 Å². The highest BCUT2D eigenvalue weighted by Gasteiger charge is 2.44. The molecule has 1 aromatic carbocycles. The largest absolute Gasteiger partial charge is 0.488 e. The molecule has 7 rings (SSSR count). The van der Waals surface area contributed by atoms with Crippen molar-refractivity contribution >= 4 is 22.8 Å². The number of rotatable bonds is 7. The maximum absolute atomic E-state index is 14.7. The average molecular weight is 517 g/mol. The second kappa shape index (κ2) is 8.85. The lowest BCUT2D eigenvalue weighted by molar-refractivity contribution is 0.134. The number of methoxy groups -OCH3 is 1. The van der Waals surface area contributed by atoms with Crippen LogP contribution in [0.4, 0.5) is 4.39 Å². The highest BCUT2D eigenvalue weighted by molar-refractivity contribution is 5.86. The van der Waals surface area contributed by atoms with E-state index in [0.717, 1.165) is 71.7 Å². The van der Waals surface area contributed by atoms with E-state index in [9.17, 15) is 9.65 Å². The zero-order valence-electron chi connectivity index (χ0n) is 21.9. The van der Waals surface area contributed by atoms with Gasteiger partial charge in [-0.25, -0.2) is 9.37 Å². The third kappa shape index (κ3) is 3.98. The lowest BCUT2D eigenvalue weighted by Gasteiger charge is -2.30. The van der Waals surface area contributed by atoms with Gasteiger partial charge in [0.25, 0.3) is 0 Å². The number of halogens is 1. The number of nitrogens with one attached hydrogen (secondary N) is 3. The van der Waals surface area contributed by atoms with Crippen molar-refractivity contribution in [3.63, 3.8) is 0 Å². The predicted molar refractivity (Wildman–Crippen MR) is 142 cm³/mol. The number of aromatic amines is 2. The molecular weight excluding hydrogens is 483 g/mol. The summed E-state index contributed by atoms with van der Waals surface area (Å²) in [6, 6.07) is 6.59. The van der Waals surface area contributed by atoms with Gasteiger partial charge in [-0.15, -0.1) is 0 Å². The Morgan fingerprint density at radius 2 is 1.95 bits per heavy atom. The van der Waals surface area contributed by atoms with Gasteiger partial charge in [-0.1, -0.05) is 6.07 Å². The number of H-pyrrole nitrogens is 2. The van der Waals surface area contributed by atoms with Crippen molar-refractivity contribution < 1.29 is 13.9 Å². The second-order valence-electron chi connectivity index (χ2n) is 11.4. The Morgan fingerprint density at radius 3 is 2.63 bits per heavy atom. The molecule has 9 heteroatoms. The zero-order chi connectivity index (χ0) is 26.0. The van der Waals surface area contributed by atoms with Crippen LogP contribution in [-0.4, -0.2) is 65.6 Å². The minimum atomic E-state index is -1.23. The Morgan fingerprint density at radius 1 is 1.16 bits per heavy atom. The summed E-state index contributed by atoms with van der Waals surface area (Å²) in [5.41, 5.74) is 3.94. The molecule has 0 spiro atoms. The number of likely N-dealkylation sites (tertiary alicyclic amines) is 1. The van der Waals surface area contributed by atoms with Crippen molar-refractivity contribution in [3.05, 3.63) is 45.3 Å². The van der Waals surface area contributed by atoms with Crippen LogP contribution in [-0.2, 0) is 4.74 Å². The molecule has 2 aliphatic carbocycles. The summed E-state index contributed by atoms with van der Waals surface area (Å²) in [5, 5.41) is 14.9. The Balaban J connectivity index is 1.39. The van der Waals surface area contributed by atoms with E-state index in [1.807, 2.05) is 6.20 Å². The molecule has 1 atom stereocenters. The van der Waals surface area contributed by atoms with Gasteiger partial charge in [0.15, 0.2) is 12.0 Å². The summed E-state index contributed by atoms with van der Waals surface area (Å²) in [7, 11) is 3.80. The van der Waals surface area contributed by atoms with Crippen LogP contribution in [0.2, 0.25) is 0 Å². The molecule has 38 heavy (non-hydrogen) atoms. The number of piperidine rings is 1. The molecular formula is C29H33FN6O2. The van der Waals surface area contributed by atoms with E-state index in [4.69, 9.17) is 14.5 Å². The van der Waals surface area contributed by atoms with Gasteiger partial charge in [0.05, 0.1) is 22.0 Å². The van der Waals surface area contributed by atoms with Crippen molar-refractivity contribution in [2.24, 2.45) is 0 Å². The Labute approximate surface area is 220 Å². The minimum Gasteiger partial charge on any atom is -0.488 e. The smallest absolute Gasteiger partial charge is 0.158 e. The second-order valence-corrected chi connectivity index (χ2v) is 11.4. The van der Waals surface area contributed by atoms with E-state index in [2.05, 4.69) is 45.4 Å². The molecule has 1 saturated heterocycles. The lowest BCUT2D eigenvalue weighted by Crippen LogP contribution is -2.44. The number of imidazole rings is 1. The standard InChI is InChI=1S/C29H33FN6O2/c1-36-11-7-16(8-12-36)18-5-6-21-25(26(18)38-15-29(30)9-10-29)35-27(33-21)22-24-20(14-32-28(22)37-2)19(13-31)23(34-24)17-3-4-17/h5-6,14,16-17,28,32,34H,3-4,7-12,15H2,1-2H3,(H,33,35). The number of aromatic nitrogens is 3. The van der Waals surface area contributed by atoms with Crippen LogP contribution < -0.4 is 20.6 Å². The molecule has 2 aliphatic heterocycles.